The van der Waals surface area contributed by atoms with Gasteiger partial charge in [-0.1, -0.05) is 232 Å². The van der Waals surface area contributed by atoms with Crippen LogP contribution in [-0.2, 0) is 19.1 Å². The molecule has 0 bridgehead atoms. The number of carbonyl (C=O) groups is 2. The smallest absolute Gasteiger partial charge is 0.306 e. The van der Waals surface area contributed by atoms with Crippen LogP contribution in [0.15, 0.2) is 122 Å². The molecule has 5 nitrogen and oxygen atoms in total. The Labute approximate surface area is 407 Å². The van der Waals surface area contributed by atoms with Gasteiger partial charge in [0.05, 0.1) is 6.61 Å². The van der Waals surface area contributed by atoms with Crippen LogP contribution in [-0.4, -0.2) is 36.4 Å². The summed E-state index contributed by atoms with van der Waals surface area (Å²) in [5.74, 6) is -0.636. The second-order valence-electron chi connectivity index (χ2n) is 17.6. The first-order chi connectivity index (χ1) is 32.6. The van der Waals surface area contributed by atoms with E-state index < -0.39 is 6.10 Å². The Morgan fingerprint density at radius 3 is 1.02 bits per heavy atom. The average Bonchev–Trinajstić information content (AvgIpc) is 3.32. The number of aliphatic hydroxyl groups is 1. The van der Waals surface area contributed by atoms with Gasteiger partial charge in [0.15, 0.2) is 6.10 Å². The van der Waals surface area contributed by atoms with Crippen molar-refractivity contribution in [3.8, 4) is 0 Å². The molecule has 0 aromatic carbocycles. The molecule has 374 valence electrons. The molecule has 0 radical (unpaired) electrons. The molecular formula is C61H100O5. The fourth-order valence-corrected chi connectivity index (χ4v) is 7.19. The first-order valence-electron chi connectivity index (χ1n) is 27.1. The molecule has 0 fully saturated rings. The summed E-state index contributed by atoms with van der Waals surface area (Å²) < 4.78 is 10.7. The van der Waals surface area contributed by atoms with Gasteiger partial charge in [-0.3, -0.25) is 9.59 Å². The Morgan fingerprint density at radius 2 is 0.652 bits per heavy atom. The van der Waals surface area contributed by atoms with Crippen LogP contribution in [0.4, 0.5) is 0 Å². The maximum Gasteiger partial charge on any atom is 0.306 e. The highest BCUT2D eigenvalue weighted by Crippen LogP contribution is 2.14. The standard InChI is InChI=1S/C61H100O5/c1-3-5-7-9-11-13-15-17-19-21-23-25-26-27-28-29-30-31-32-33-34-36-38-40-42-44-46-48-50-52-54-56-61(64)66-59(57-62)58-65-60(63)55-53-51-49-47-45-43-41-39-37-35-24-22-20-18-16-14-12-10-8-6-4-2/h5,7,11,13,17,19,22-25,27-28,30-31,33-34,38,40,44,46,59,62H,3-4,6,8-10,12,14-16,18,20-21,26,29,32,35-37,39,41-43,45,47-58H2,1-2H3/b7-5-,13-11-,19-17-,24-22-,25-23-,28-27-,31-30-,34-33-,40-38-,46-44-. The topological polar surface area (TPSA) is 72.8 Å². The molecule has 0 saturated carbocycles. The summed E-state index contributed by atoms with van der Waals surface area (Å²) >= 11 is 0. The number of carbonyl (C=O) groups excluding carboxylic acids is 2. The summed E-state index contributed by atoms with van der Waals surface area (Å²) in [6.07, 6.45) is 81.5. The van der Waals surface area contributed by atoms with Gasteiger partial charge in [0, 0.05) is 12.8 Å². The van der Waals surface area contributed by atoms with E-state index in [9.17, 15) is 14.7 Å². The van der Waals surface area contributed by atoms with Gasteiger partial charge in [-0.25, -0.2) is 0 Å². The molecule has 0 aromatic rings. The molecule has 5 heteroatoms. The molecule has 1 atom stereocenters. The van der Waals surface area contributed by atoms with Crippen molar-refractivity contribution in [1.82, 2.24) is 0 Å². The summed E-state index contributed by atoms with van der Waals surface area (Å²) in [4.78, 5) is 24.5. The van der Waals surface area contributed by atoms with Gasteiger partial charge < -0.3 is 14.6 Å². The number of unbranched alkanes of at least 4 members (excludes halogenated alkanes) is 20. The van der Waals surface area contributed by atoms with Crippen LogP contribution >= 0.6 is 0 Å². The van der Waals surface area contributed by atoms with Crippen molar-refractivity contribution >= 4 is 11.9 Å². The van der Waals surface area contributed by atoms with Gasteiger partial charge in [-0.2, -0.15) is 0 Å². The fourth-order valence-electron chi connectivity index (χ4n) is 7.19. The zero-order valence-corrected chi connectivity index (χ0v) is 42.7. The van der Waals surface area contributed by atoms with Crippen molar-refractivity contribution in [2.24, 2.45) is 0 Å². The van der Waals surface area contributed by atoms with Gasteiger partial charge in [-0.15, -0.1) is 0 Å². The van der Waals surface area contributed by atoms with Crippen molar-refractivity contribution in [3.63, 3.8) is 0 Å². The summed E-state index contributed by atoms with van der Waals surface area (Å²) in [5.41, 5.74) is 0. The zero-order chi connectivity index (χ0) is 47.7. The number of hydrogen-bond acceptors (Lipinski definition) is 5. The molecule has 0 aliphatic heterocycles. The summed E-state index contributed by atoms with van der Waals surface area (Å²) in [6.45, 7) is 4.00. The SMILES string of the molecule is CC/C=C\C/C=C\C/C=C\C/C=C\C/C=C\C/C=C\C/C=C\C/C=C\C/C=C\CCCCCC(=O)OC(CO)COC(=O)CCCCCCCCCCC/C=C\CCCCCCCCCC. The summed E-state index contributed by atoms with van der Waals surface area (Å²) in [7, 11) is 0. The predicted octanol–water partition coefficient (Wildman–Crippen LogP) is 18.3. The van der Waals surface area contributed by atoms with Gasteiger partial charge in [-0.05, 0) is 109 Å². The van der Waals surface area contributed by atoms with Crippen molar-refractivity contribution in [2.75, 3.05) is 13.2 Å². The van der Waals surface area contributed by atoms with E-state index in [1.165, 1.54) is 103 Å². The molecule has 0 spiro atoms. The third-order valence-electron chi connectivity index (χ3n) is 11.2. The molecule has 0 amide bonds. The highest BCUT2D eigenvalue weighted by molar-refractivity contribution is 5.70. The van der Waals surface area contributed by atoms with E-state index >= 15 is 0 Å². The number of allylic oxidation sites excluding steroid dienone is 20. The van der Waals surface area contributed by atoms with E-state index in [1.54, 1.807) is 0 Å². The van der Waals surface area contributed by atoms with Crippen LogP contribution in [0.1, 0.15) is 232 Å². The van der Waals surface area contributed by atoms with Crippen LogP contribution in [0.3, 0.4) is 0 Å². The van der Waals surface area contributed by atoms with Crippen LogP contribution in [0.5, 0.6) is 0 Å². The quantitative estimate of drug-likeness (QED) is 0.0374. The largest absolute Gasteiger partial charge is 0.462 e. The molecule has 66 heavy (non-hydrogen) atoms. The number of aliphatic hydroxyl groups excluding tert-OH is 1. The number of esters is 2. The van der Waals surface area contributed by atoms with Crippen molar-refractivity contribution in [3.05, 3.63) is 122 Å². The third kappa shape index (κ3) is 52.9. The average molecular weight is 913 g/mol. The van der Waals surface area contributed by atoms with Crippen molar-refractivity contribution in [1.29, 1.82) is 0 Å². The molecule has 0 aliphatic rings. The van der Waals surface area contributed by atoms with E-state index in [0.717, 1.165) is 103 Å². The Hall–Kier alpha value is -3.70. The van der Waals surface area contributed by atoms with Crippen molar-refractivity contribution < 1.29 is 24.2 Å². The Kier molecular flexibility index (Phi) is 52.5. The molecule has 0 saturated heterocycles. The van der Waals surface area contributed by atoms with E-state index in [0.29, 0.717) is 12.8 Å². The number of hydrogen-bond donors (Lipinski definition) is 1. The molecule has 1 unspecified atom stereocenters. The maximum atomic E-state index is 12.3. The molecule has 0 heterocycles. The highest BCUT2D eigenvalue weighted by atomic mass is 16.6. The number of ether oxygens (including phenoxy) is 2. The lowest BCUT2D eigenvalue weighted by Gasteiger charge is -2.15. The first-order valence-corrected chi connectivity index (χ1v) is 27.1. The van der Waals surface area contributed by atoms with Gasteiger partial charge in [0.2, 0.25) is 0 Å². The lowest BCUT2D eigenvalue weighted by atomic mass is 10.1. The van der Waals surface area contributed by atoms with Crippen LogP contribution in [0.25, 0.3) is 0 Å². The van der Waals surface area contributed by atoms with E-state index in [-0.39, 0.29) is 25.2 Å². The normalized spacial score (nSPS) is 13.2. The molecule has 0 rings (SSSR count). The van der Waals surface area contributed by atoms with E-state index in [1.807, 2.05) is 0 Å². The minimum atomic E-state index is -0.800. The third-order valence-corrected chi connectivity index (χ3v) is 11.2. The lowest BCUT2D eigenvalue weighted by molar-refractivity contribution is -0.161. The Balaban J connectivity index is 3.65. The highest BCUT2D eigenvalue weighted by Gasteiger charge is 2.16. The fraction of sp³-hybridized carbons (Fsp3) is 0.639. The summed E-state index contributed by atoms with van der Waals surface area (Å²) in [5, 5.41) is 9.64. The van der Waals surface area contributed by atoms with Crippen LogP contribution in [0, 0.1) is 0 Å². The van der Waals surface area contributed by atoms with Crippen LogP contribution in [0.2, 0.25) is 0 Å². The second-order valence-corrected chi connectivity index (χ2v) is 17.6. The lowest BCUT2D eigenvalue weighted by Crippen LogP contribution is -2.28. The first kappa shape index (κ1) is 62.3. The molecular weight excluding hydrogens is 813 g/mol. The van der Waals surface area contributed by atoms with E-state index in [2.05, 4.69) is 135 Å². The van der Waals surface area contributed by atoms with Crippen molar-refractivity contribution in [2.45, 2.75) is 238 Å². The van der Waals surface area contributed by atoms with Crippen LogP contribution < -0.4 is 0 Å². The molecule has 0 aromatic heterocycles. The second kappa shape index (κ2) is 55.6. The number of rotatable bonds is 48. The maximum absolute atomic E-state index is 12.3. The summed E-state index contributed by atoms with van der Waals surface area (Å²) in [6, 6.07) is 0. The monoisotopic (exact) mass is 913 g/mol. The van der Waals surface area contributed by atoms with E-state index in [4.69, 9.17) is 9.47 Å². The molecule has 1 N–H and O–H groups in total. The zero-order valence-electron chi connectivity index (χ0n) is 42.7. The Bertz CT molecular complexity index is 1350. The minimum Gasteiger partial charge on any atom is -0.462 e. The minimum absolute atomic E-state index is 0.0873. The van der Waals surface area contributed by atoms with Gasteiger partial charge in [0.25, 0.3) is 0 Å². The molecule has 0 aliphatic carbocycles. The Morgan fingerprint density at radius 1 is 0.364 bits per heavy atom. The van der Waals surface area contributed by atoms with Gasteiger partial charge in [0.1, 0.15) is 6.61 Å². The van der Waals surface area contributed by atoms with Gasteiger partial charge >= 0.3 is 11.9 Å². The predicted molar refractivity (Wildman–Crippen MR) is 288 cm³/mol.